The number of hydroxylamine groups is 2. The van der Waals surface area contributed by atoms with E-state index in [0.717, 1.165) is 21.8 Å². The Hall–Kier alpha value is -4.25. The number of carbonyl (C=O) groups excluding carboxylic acids is 3. The molecule has 0 saturated carbocycles. The van der Waals surface area contributed by atoms with E-state index in [9.17, 15) is 19.6 Å². The summed E-state index contributed by atoms with van der Waals surface area (Å²) < 4.78 is 23.7. The van der Waals surface area contributed by atoms with E-state index in [4.69, 9.17) is 18.9 Å². The van der Waals surface area contributed by atoms with Crippen LogP contribution in [0.1, 0.15) is 63.8 Å². The van der Waals surface area contributed by atoms with Crippen LogP contribution in [0, 0.1) is 5.92 Å². The number of benzene rings is 3. The zero-order chi connectivity index (χ0) is 33.1. The Labute approximate surface area is 269 Å². The first-order chi connectivity index (χ1) is 21.9. The molecular weight excluding hydrogens is 588 g/mol. The molecule has 1 N–H and O–H groups in total. The summed E-state index contributed by atoms with van der Waals surface area (Å²) in [6, 6.07) is 24.4. The van der Waals surface area contributed by atoms with Crippen molar-refractivity contribution in [3.63, 3.8) is 0 Å². The maximum Gasteiger partial charge on any atom is 0.412 e. The van der Waals surface area contributed by atoms with Crippen molar-refractivity contribution < 1.29 is 38.5 Å². The van der Waals surface area contributed by atoms with Gasteiger partial charge in [0.2, 0.25) is 0 Å². The van der Waals surface area contributed by atoms with Crippen LogP contribution in [-0.4, -0.2) is 62.7 Å². The van der Waals surface area contributed by atoms with Gasteiger partial charge < -0.3 is 24.2 Å². The summed E-state index contributed by atoms with van der Waals surface area (Å²) in [7, 11) is 0. The van der Waals surface area contributed by atoms with Gasteiger partial charge in [0.25, 0.3) is 0 Å². The quantitative estimate of drug-likeness (QED) is 0.235. The van der Waals surface area contributed by atoms with E-state index in [-0.39, 0.29) is 19.6 Å². The third-order valence-corrected chi connectivity index (χ3v) is 8.21. The van der Waals surface area contributed by atoms with Crippen LogP contribution < -0.4 is 0 Å². The molecule has 1 amide bonds. The van der Waals surface area contributed by atoms with E-state index in [1.54, 1.807) is 34.6 Å². The molecule has 0 aromatic heterocycles. The minimum absolute atomic E-state index is 0.00198. The standard InChI is InChI=1S/C36H42N2O8/c1-35(2,3)46-34(41)37-30(31(45-36(37,4)5)26-19-13-8-14-20-26)29-27(32(39)43-22-24-15-9-6-10-16-24)21-28(38(29)42)33(40)44-23-25-17-11-7-12-18-25/h6-20,27-31,42H,21-23H2,1-5H3/t27-,28+,29+,30-,31-/m0/s1. The third kappa shape index (κ3) is 7.41. The highest BCUT2D eigenvalue weighted by Crippen LogP contribution is 2.48. The number of hydrogen-bond acceptors (Lipinski definition) is 9. The summed E-state index contributed by atoms with van der Waals surface area (Å²) in [5.41, 5.74) is 0.243. The molecular formula is C36H42N2O8. The van der Waals surface area contributed by atoms with Gasteiger partial charge in [-0.1, -0.05) is 91.0 Å². The maximum absolute atomic E-state index is 13.9. The van der Waals surface area contributed by atoms with Gasteiger partial charge in [-0.3, -0.25) is 14.5 Å². The lowest BCUT2D eigenvalue weighted by Crippen LogP contribution is -2.58. The second kappa shape index (κ2) is 13.6. The van der Waals surface area contributed by atoms with Crippen LogP contribution in [0.15, 0.2) is 91.0 Å². The maximum atomic E-state index is 13.9. The first kappa shape index (κ1) is 33.1. The van der Waals surface area contributed by atoms with Gasteiger partial charge in [-0.2, -0.15) is 5.06 Å². The molecule has 0 unspecified atom stereocenters. The van der Waals surface area contributed by atoms with Crippen LogP contribution in [0.5, 0.6) is 0 Å². The average molecular weight is 631 g/mol. The van der Waals surface area contributed by atoms with Gasteiger partial charge >= 0.3 is 18.0 Å². The van der Waals surface area contributed by atoms with Gasteiger partial charge in [-0.05, 0) is 57.7 Å². The minimum Gasteiger partial charge on any atom is -0.461 e. The van der Waals surface area contributed by atoms with E-state index in [1.165, 1.54) is 4.90 Å². The predicted molar refractivity (Wildman–Crippen MR) is 168 cm³/mol. The summed E-state index contributed by atoms with van der Waals surface area (Å²) in [5, 5.41) is 12.7. The lowest BCUT2D eigenvalue weighted by Gasteiger charge is -2.39. The van der Waals surface area contributed by atoms with Crippen molar-refractivity contribution in [2.45, 2.75) is 89.8 Å². The summed E-state index contributed by atoms with van der Waals surface area (Å²) in [6.07, 6.45) is -1.56. The molecule has 0 radical (unpaired) electrons. The van der Waals surface area contributed by atoms with E-state index in [0.29, 0.717) is 0 Å². The number of carbonyl (C=O) groups is 3. The van der Waals surface area contributed by atoms with Gasteiger partial charge in [0.15, 0.2) is 0 Å². The predicted octanol–water partition coefficient (Wildman–Crippen LogP) is 6.03. The number of ether oxygens (including phenoxy) is 4. The van der Waals surface area contributed by atoms with Gasteiger partial charge in [-0.15, -0.1) is 0 Å². The molecule has 10 nitrogen and oxygen atoms in total. The van der Waals surface area contributed by atoms with Crippen LogP contribution in [-0.2, 0) is 41.8 Å². The van der Waals surface area contributed by atoms with Crippen molar-refractivity contribution in [3.8, 4) is 0 Å². The van der Waals surface area contributed by atoms with Crippen LogP contribution in [0.2, 0.25) is 0 Å². The van der Waals surface area contributed by atoms with Crippen LogP contribution in [0.4, 0.5) is 4.79 Å². The molecule has 244 valence electrons. The Morgan fingerprint density at radius 3 is 1.83 bits per heavy atom. The second-order valence-corrected chi connectivity index (χ2v) is 13.2. The normalized spacial score (nSPS) is 24.4. The zero-order valence-electron chi connectivity index (χ0n) is 26.9. The molecule has 0 bridgehead atoms. The second-order valence-electron chi connectivity index (χ2n) is 13.2. The molecule has 2 aliphatic rings. The SMILES string of the molecule is CC(C)(C)OC(=O)N1[C@@H]([C@H]2[C@@H](C(=O)OCc3ccccc3)C[C@H](C(=O)OCc3ccccc3)N2O)[C@H](c2ccccc2)OC1(C)C. The summed E-state index contributed by atoms with van der Waals surface area (Å²) in [5.74, 6) is -2.35. The van der Waals surface area contributed by atoms with Crippen LogP contribution in [0.3, 0.4) is 0 Å². The van der Waals surface area contributed by atoms with Crippen molar-refractivity contribution in [1.82, 2.24) is 9.96 Å². The van der Waals surface area contributed by atoms with Gasteiger partial charge in [0, 0.05) is 0 Å². The van der Waals surface area contributed by atoms with Crippen molar-refractivity contribution in [1.29, 1.82) is 0 Å². The molecule has 10 heteroatoms. The highest BCUT2D eigenvalue weighted by molar-refractivity contribution is 5.81. The molecule has 2 saturated heterocycles. The Kier molecular flexibility index (Phi) is 9.81. The summed E-state index contributed by atoms with van der Waals surface area (Å²) in [4.78, 5) is 42.7. The highest BCUT2D eigenvalue weighted by Gasteiger charge is 2.62. The monoisotopic (exact) mass is 630 g/mol. The number of esters is 2. The Balaban J connectivity index is 1.52. The lowest BCUT2D eigenvalue weighted by molar-refractivity contribution is -0.186. The molecule has 5 rings (SSSR count). The first-order valence-corrected chi connectivity index (χ1v) is 15.5. The third-order valence-electron chi connectivity index (χ3n) is 8.21. The summed E-state index contributed by atoms with van der Waals surface area (Å²) in [6.45, 7) is 8.74. The fourth-order valence-electron chi connectivity index (χ4n) is 6.20. The average Bonchev–Trinajstić information content (AvgIpc) is 3.51. The van der Waals surface area contributed by atoms with Gasteiger partial charge in [0.05, 0.1) is 18.0 Å². The highest BCUT2D eigenvalue weighted by atomic mass is 16.6. The Bertz CT molecular complexity index is 1490. The number of nitrogens with zero attached hydrogens (tertiary/aromatic N) is 2. The van der Waals surface area contributed by atoms with Crippen LogP contribution >= 0.6 is 0 Å². The molecule has 2 heterocycles. The molecule has 2 fully saturated rings. The van der Waals surface area contributed by atoms with Crippen molar-refractivity contribution in [2.75, 3.05) is 0 Å². The molecule has 2 aliphatic heterocycles. The smallest absolute Gasteiger partial charge is 0.412 e. The lowest BCUT2D eigenvalue weighted by atomic mass is 9.87. The van der Waals surface area contributed by atoms with Crippen molar-refractivity contribution in [2.24, 2.45) is 5.92 Å². The van der Waals surface area contributed by atoms with Crippen LogP contribution in [0.25, 0.3) is 0 Å². The Morgan fingerprint density at radius 2 is 1.30 bits per heavy atom. The molecule has 46 heavy (non-hydrogen) atoms. The largest absolute Gasteiger partial charge is 0.461 e. The zero-order valence-corrected chi connectivity index (χ0v) is 26.9. The molecule has 0 spiro atoms. The van der Waals surface area contributed by atoms with E-state index < -0.39 is 59.5 Å². The molecule has 3 aromatic rings. The van der Waals surface area contributed by atoms with Gasteiger partial charge in [0.1, 0.15) is 36.7 Å². The van der Waals surface area contributed by atoms with Crippen molar-refractivity contribution in [3.05, 3.63) is 108 Å². The molecule has 3 aromatic carbocycles. The van der Waals surface area contributed by atoms with E-state index >= 15 is 0 Å². The van der Waals surface area contributed by atoms with Gasteiger partial charge in [-0.25, -0.2) is 4.79 Å². The fourth-order valence-corrected chi connectivity index (χ4v) is 6.20. The number of hydrogen-bond donors (Lipinski definition) is 1. The number of amides is 1. The van der Waals surface area contributed by atoms with Crippen molar-refractivity contribution >= 4 is 18.0 Å². The van der Waals surface area contributed by atoms with E-state index in [2.05, 4.69) is 0 Å². The number of rotatable bonds is 8. The molecule has 0 aliphatic carbocycles. The molecule has 5 atom stereocenters. The van der Waals surface area contributed by atoms with E-state index in [1.807, 2.05) is 91.0 Å². The fraction of sp³-hybridized carbons (Fsp3) is 0.417. The topological polar surface area (TPSA) is 115 Å². The first-order valence-electron chi connectivity index (χ1n) is 15.5. The minimum atomic E-state index is -1.21. The Morgan fingerprint density at radius 1 is 0.804 bits per heavy atom. The summed E-state index contributed by atoms with van der Waals surface area (Å²) >= 11 is 0.